The number of rotatable bonds is 3. The number of H-pyrrole nitrogens is 1. The standard InChI is InChI=1S/C19H19N5O3.CH2O2/c1-23-7-13(6-22-23)14-8-24(9-15-19(14)21-10-20-15)18(25)5-12-2-3-16-17(4-12)27-11-26-16;2-1-3/h2-4,6-7,10,14H,5,8-9,11H2,1H3,(H,20,21);1H,(H,2,3). The Balaban J connectivity index is 0.000000687. The number of aromatic nitrogens is 4. The first-order valence-electron chi connectivity index (χ1n) is 9.34. The summed E-state index contributed by atoms with van der Waals surface area (Å²) >= 11 is 0. The van der Waals surface area contributed by atoms with Crippen LogP contribution in [-0.4, -0.2) is 55.5 Å². The molecule has 0 radical (unpaired) electrons. The van der Waals surface area contributed by atoms with Crippen LogP contribution < -0.4 is 9.47 Å². The molecule has 1 aromatic carbocycles. The molecule has 2 N–H and O–H groups in total. The lowest BCUT2D eigenvalue weighted by Crippen LogP contribution is -2.39. The summed E-state index contributed by atoms with van der Waals surface area (Å²) in [5, 5.41) is 11.2. The lowest BCUT2D eigenvalue weighted by Gasteiger charge is -2.31. The van der Waals surface area contributed by atoms with Crippen LogP contribution in [-0.2, 0) is 29.6 Å². The summed E-state index contributed by atoms with van der Waals surface area (Å²) in [6, 6.07) is 5.65. The van der Waals surface area contributed by atoms with Gasteiger partial charge in [-0.25, -0.2) is 4.98 Å². The van der Waals surface area contributed by atoms with Gasteiger partial charge in [0.25, 0.3) is 6.47 Å². The fraction of sp³-hybridized carbons (Fsp3) is 0.300. The second-order valence-electron chi connectivity index (χ2n) is 7.01. The minimum Gasteiger partial charge on any atom is -0.483 e. The van der Waals surface area contributed by atoms with E-state index in [-0.39, 0.29) is 25.1 Å². The van der Waals surface area contributed by atoms with Crippen molar-refractivity contribution in [3.8, 4) is 11.5 Å². The van der Waals surface area contributed by atoms with E-state index in [1.54, 1.807) is 11.0 Å². The molecule has 2 aliphatic heterocycles. The van der Waals surface area contributed by atoms with Gasteiger partial charge >= 0.3 is 0 Å². The van der Waals surface area contributed by atoms with E-state index in [2.05, 4.69) is 15.1 Å². The summed E-state index contributed by atoms with van der Waals surface area (Å²) in [7, 11) is 1.89. The molecule has 2 aliphatic rings. The van der Waals surface area contributed by atoms with Gasteiger partial charge in [0.2, 0.25) is 12.7 Å². The lowest BCUT2D eigenvalue weighted by molar-refractivity contribution is -0.131. The Hall–Kier alpha value is -3.82. The van der Waals surface area contributed by atoms with E-state index in [0.717, 1.165) is 28.3 Å². The van der Waals surface area contributed by atoms with E-state index >= 15 is 0 Å². The highest BCUT2D eigenvalue weighted by Gasteiger charge is 2.32. The van der Waals surface area contributed by atoms with Crippen molar-refractivity contribution in [3.05, 3.63) is 59.4 Å². The predicted octanol–water partition coefficient (Wildman–Crippen LogP) is 1.29. The number of hydrogen-bond donors (Lipinski definition) is 2. The first-order valence-corrected chi connectivity index (χ1v) is 9.34. The molecule has 0 fully saturated rings. The summed E-state index contributed by atoms with van der Waals surface area (Å²) in [5.41, 5.74) is 3.95. The van der Waals surface area contributed by atoms with Crippen molar-refractivity contribution in [3.63, 3.8) is 0 Å². The molecule has 0 spiro atoms. The maximum Gasteiger partial charge on any atom is 0.290 e. The third-order valence-corrected chi connectivity index (χ3v) is 5.11. The van der Waals surface area contributed by atoms with Crippen molar-refractivity contribution >= 4 is 12.4 Å². The number of carboxylic acid groups (broad SMARTS) is 1. The van der Waals surface area contributed by atoms with Crippen LogP contribution in [0.15, 0.2) is 36.9 Å². The number of nitrogens with zero attached hydrogens (tertiary/aromatic N) is 4. The summed E-state index contributed by atoms with van der Waals surface area (Å²) in [6.07, 6.45) is 5.84. The van der Waals surface area contributed by atoms with Gasteiger partial charge in [0.15, 0.2) is 11.5 Å². The minimum atomic E-state index is -0.250. The number of carbonyl (C=O) groups excluding carboxylic acids is 1. The molecule has 5 rings (SSSR count). The van der Waals surface area contributed by atoms with Crippen molar-refractivity contribution in [2.45, 2.75) is 18.9 Å². The van der Waals surface area contributed by atoms with Crippen molar-refractivity contribution < 1.29 is 24.2 Å². The summed E-state index contributed by atoms with van der Waals surface area (Å²) < 4.78 is 12.5. The second-order valence-corrected chi connectivity index (χ2v) is 7.01. The molecule has 1 atom stereocenters. The van der Waals surface area contributed by atoms with Crippen LogP contribution >= 0.6 is 0 Å². The molecule has 0 aliphatic carbocycles. The van der Waals surface area contributed by atoms with E-state index < -0.39 is 0 Å². The molecule has 0 saturated heterocycles. The molecule has 30 heavy (non-hydrogen) atoms. The Morgan fingerprint density at radius 2 is 2.17 bits per heavy atom. The second kappa shape index (κ2) is 8.27. The van der Waals surface area contributed by atoms with Crippen LogP contribution in [0.1, 0.15) is 28.4 Å². The van der Waals surface area contributed by atoms with Gasteiger partial charge in [-0.3, -0.25) is 14.3 Å². The maximum absolute atomic E-state index is 13.0. The molecule has 10 nitrogen and oxygen atoms in total. The molecule has 156 valence electrons. The number of hydrogen-bond acceptors (Lipinski definition) is 6. The van der Waals surface area contributed by atoms with Crippen LogP contribution in [0.25, 0.3) is 0 Å². The molecular formula is C20H21N5O5. The van der Waals surface area contributed by atoms with Crippen LogP contribution in [0.2, 0.25) is 0 Å². The third kappa shape index (κ3) is 3.84. The molecule has 3 aromatic rings. The minimum absolute atomic E-state index is 0.0226. The number of amides is 1. The van der Waals surface area contributed by atoms with Crippen molar-refractivity contribution in [1.29, 1.82) is 0 Å². The fourth-order valence-corrected chi connectivity index (χ4v) is 3.73. The average Bonchev–Trinajstić information content (AvgIpc) is 3.47. The quantitative estimate of drug-likeness (QED) is 0.623. The fourth-order valence-electron chi connectivity index (χ4n) is 3.73. The number of carbonyl (C=O) groups is 2. The first kappa shape index (κ1) is 19.5. The molecule has 1 amide bonds. The predicted molar refractivity (Wildman–Crippen MR) is 104 cm³/mol. The molecular weight excluding hydrogens is 390 g/mol. The zero-order chi connectivity index (χ0) is 21.1. The van der Waals surface area contributed by atoms with Crippen molar-refractivity contribution in [2.24, 2.45) is 7.05 Å². The van der Waals surface area contributed by atoms with Gasteiger partial charge < -0.3 is 24.5 Å². The first-order chi connectivity index (χ1) is 14.6. The molecule has 10 heteroatoms. The monoisotopic (exact) mass is 411 g/mol. The molecule has 1 unspecified atom stereocenters. The third-order valence-electron chi connectivity index (χ3n) is 5.11. The molecule has 0 saturated carbocycles. The van der Waals surface area contributed by atoms with Gasteiger partial charge in [-0.15, -0.1) is 0 Å². The van der Waals surface area contributed by atoms with Gasteiger partial charge in [0, 0.05) is 31.3 Å². The summed E-state index contributed by atoms with van der Waals surface area (Å²) in [5.74, 6) is 1.52. The summed E-state index contributed by atoms with van der Waals surface area (Å²) in [4.78, 5) is 30.9. The number of imidazole rings is 1. The highest BCUT2D eigenvalue weighted by atomic mass is 16.7. The van der Waals surface area contributed by atoms with Crippen molar-refractivity contribution in [1.82, 2.24) is 24.6 Å². The van der Waals surface area contributed by atoms with Crippen LogP contribution in [0.3, 0.4) is 0 Å². The highest BCUT2D eigenvalue weighted by Crippen LogP contribution is 2.34. The van der Waals surface area contributed by atoms with Gasteiger partial charge in [0.1, 0.15) is 0 Å². The highest BCUT2D eigenvalue weighted by molar-refractivity contribution is 5.79. The number of benzene rings is 1. The molecule has 0 bridgehead atoms. The normalized spacial score (nSPS) is 16.4. The maximum atomic E-state index is 13.0. The number of ether oxygens (including phenoxy) is 2. The zero-order valence-electron chi connectivity index (χ0n) is 16.3. The van der Waals surface area contributed by atoms with Gasteiger partial charge in [-0.1, -0.05) is 6.07 Å². The van der Waals surface area contributed by atoms with Crippen LogP contribution in [0.5, 0.6) is 11.5 Å². The van der Waals surface area contributed by atoms with Crippen molar-refractivity contribution in [2.75, 3.05) is 13.3 Å². The average molecular weight is 411 g/mol. The Labute approximate surface area is 172 Å². The van der Waals surface area contributed by atoms with E-state index in [9.17, 15) is 4.79 Å². The Morgan fingerprint density at radius 3 is 2.93 bits per heavy atom. The number of fused-ring (bicyclic) bond motifs is 2. The Morgan fingerprint density at radius 1 is 1.37 bits per heavy atom. The zero-order valence-corrected chi connectivity index (χ0v) is 16.3. The smallest absolute Gasteiger partial charge is 0.290 e. The molecule has 4 heterocycles. The molecule has 2 aromatic heterocycles. The van der Waals surface area contributed by atoms with Gasteiger partial charge in [-0.05, 0) is 17.7 Å². The largest absolute Gasteiger partial charge is 0.483 e. The van der Waals surface area contributed by atoms with E-state index in [1.807, 2.05) is 42.5 Å². The number of aromatic amines is 1. The van der Waals surface area contributed by atoms with E-state index in [4.69, 9.17) is 19.4 Å². The van der Waals surface area contributed by atoms with Crippen LogP contribution in [0, 0.1) is 0 Å². The Bertz CT molecular complexity index is 1060. The van der Waals surface area contributed by atoms with Gasteiger partial charge in [-0.2, -0.15) is 5.10 Å². The Kier molecular flexibility index (Phi) is 5.38. The van der Waals surface area contributed by atoms with E-state index in [0.29, 0.717) is 25.3 Å². The SMILES string of the molecule is Cn1cc(C2CN(C(=O)Cc3ccc4c(c3)OCO4)Cc3[nH]cnc32)cn1.O=CO. The number of nitrogens with one attached hydrogen (secondary N) is 1. The van der Waals surface area contributed by atoms with Crippen LogP contribution in [0.4, 0.5) is 0 Å². The number of aryl methyl sites for hydroxylation is 1. The van der Waals surface area contributed by atoms with Gasteiger partial charge in [0.05, 0.1) is 36.9 Å². The lowest BCUT2D eigenvalue weighted by atomic mass is 9.93. The topological polar surface area (TPSA) is 123 Å². The van der Waals surface area contributed by atoms with E-state index in [1.165, 1.54) is 0 Å². The summed E-state index contributed by atoms with van der Waals surface area (Å²) in [6.45, 7) is 1.11.